The molecule has 1 heterocycles. The third-order valence-electron chi connectivity index (χ3n) is 5.02. The van der Waals surface area contributed by atoms with Crippen LogP contribution in [0.15, 0.2) is 66.9 Å². The van der Waals surface area contributed by atoms with Gasteiger partial charge < -0.3 is 19.5 Å². The van der Waals surface area contributed by atoms with Crippen molar-refractivity contribution in [1.82, 2.24) is 10.3 Å². The Morgan fingerprint density at radius 1 is 1.06 bits per heavy atom. The Labute approximate surface area is 188 Å². The van der Waals surface area contributed by atoms with E-state index in [1.165, 1.54) is 6.08 Å². The van der Waals surface area contributed by atoms with Crippen LogP contribution in [0.25, 0.3) is 6.08 Å². The van der Waals surface area contributed by atoms with Crippen LogP contribution in [0, 0.1) is 6.92 Å². The molecule has 2 aromatic carbocycles. The number of rotatable bonds is 9. The van der Waals surface area contributed by atoms with E-state index in [9.17, 15) is 4.79 Å². The molecule has 0 saturated heterocycles. The molecular formula is C26H28N2O4. The van der Waals surface area contributed by atoms with Crippen LogP contribution in [0.3, 0.4) is 0 Å². The van der Waals surface area contributed by atoms with Crippen molar-refractivity contribution in [3.05, 3.63) is 89.3 Å². The second-order valence-electron chi connectivity index (χ2n) is 7.31. The van der Waals surface area contributed by atoms with Crippen LogP contribution in [-0.4, -0.2) is 25.1 Å². The lowest BCUT2D eigenvalue weighted by Gasteiger charge is -2.18. The van der Waals surface area contributed by atoms with Crippen LogP contribution < -0.4 is 19.5 Å². The number of methoxy groups -OCH3 is 2. The highest BCUT2D eigenvalue weighted by molar-refractivity contribution is 5.92. The quantitative estimate of drug-likeness (QED) is 0.488. The van der Waals surface area contributed by atoms with Gasteiger partial charge >= 0.3 is 0 Å². The van der Waals surface area contributed by atoms with Gasteiger partial charge in [0.2, 0.25) is 5.91 Å². The molecule has 1 aromatic heterocycles. The van der Waals surface area contributed by atoms with Crippen LogP contribution in [0.4, 0.5) is 0 Å². The minimum absolute atomic E-state index is 0.179. The van der Waals surface area contributed by atoms with Crippen LogP contribution >= 0.6 is 0 Å². The molecule has 1 amide bonds. The Hall–Kier alpha value is -3.80. The van der Waals surface area contributed by atoms with E-state index in [4.69, 9.17) is 14.2 Å². The zero-order valence-electron chi connectivity index (χ0n) is 18.8. The van der Waals surface area contributed by atoms with Gasteiger partial charge in [0.1, 0.15) is 12.4 Å². The van der Waals surface area contributed by atoms with Crippen molar-refractivity contribution in [3.8, 4) is 17.2 Å². The molecule has 6 nitrogen and oxygen atoms in total. The first kappa shape index (κ1) is 22.9. The molecule has 0 aliphatic rings. The third-order valence-corrected chi connectivity index (χ3v) is 5.02. The molecule has 0 spiro atoms. The summed E-state index contributed by atoms with van der Waals surface area (Å²) in [6, 6.07) is 16.9. The maximum Gasteiger partial charge on any atom is 0.244 e. The van der Waals surface area contributed by atoms with Gasteiger partial charge in [0, 0.05) is 12.3 Å². The average Bonchev–Trinajstić information content (AvgIpc) is 2.82. The molecule has 1 unspecified atom stereocenters. The van der Waals surface area contributed by atoms with Crippen LogP contribution in [0.1, 0.15) is 35.3 Å². The number of nitrogens with one attached hydrogen (secondary N) is 1. The lowest BCUT2D eigenvalue weighted by Crippen LogP contribution is -2.25. The molecule has 32 heavy (non-hydrogen) atoms. The fourth-order valence-corrected chi connectivity index (χ4v) is 3.29. The minimum atomic E-state index is -0.186. The minimum Gasteiger partial charge on any atom is -0.493 e. The van der Waals surface area contributed by atoms with E-state index in [0.29, 0.717) is 18.1 Å². The normalized spacial score (nSPS) is 11.8. The van der Waals surface area contributed by atoms with Crippen molar-refractivity contribution in [3.63, 3.8) is 0 Å². The molecule has 3 aromatic rings. The number of hydrogen-bond donors (Lipinski definition) is 1. The number of pyridine rings is 1. The molecule has 0 bridgehead atoms. The van der Waals surface area contributed by atoms with Crippen LogP contribution in [-0.2, 0) is 11.4 Å². The molecule has 1 atom stereocenters. The largest absolute Gasteiger partial charge is 0.493 e. The summed E-state index contributed by atoms with van der Waals surface area (Å²) in [5, 5.41) is 2.99. The summed E-state index contributed by atoms with van der Waals surface area (Å²) in [4.78, 5) is 16.7. The van der Waals surface area contributed by atoms with Crippen molar-refractivity contribution in [2.75, 3.05) is 14.2 Å². The Morgan fingerprint density at radius 2 is 1.78 bits per heavy atom. The van der Waals surface area contributed by atoms with Gasteiger partial charge in [-0.15, -0.1) is 0 Å². The van der Waals surface area contributed by atoms with Gasteiger partial charge in [-0.3, -0.25) is 9.78 Å². The summed E-state index contributed by atoms with van der Waals surface area (Å²) in [5.41, 5.74) is 3.76. The molecular weight excluding hydrogens is 404 g/mol. The summed E-state index contributed by atoms with van der Waals surface area (Å²) < 4.78 is 16.4. The summed E-state index contributed by atoms with van der Waals surface area (Å²) in [5.74, 6) is 1.87. The standard InChI is InChI=1S/C26H28N2O4/c1-18-15-24(30-3)25(31-4)16-23(18)19(2)28-26(29)13-10-20-8-11-22(12-9-20)32-17-21-7-5-6-14-27-21/h5-16,19H,17H2,1-4H3,(H,28,29)/b13-10+. The van der Waals surface area contributed by atoms with Crippen molar-refractivity contribution in [1.29, 1.82) is 0 Å². The molecule has 1 N–H and O–H groups in total. The van der Waals surface area contributed by atoms with Gasteiger partial charge in [0.05, 0.1) is 26.0 Å². The number of aromatic nitrogens is 1. The molecule has 0 fully saturated rings. The van der Waals surface area contributed by atoms with Gasteiger partial charge in [-0.2, -0.15) is 0 Å². The summed E-state index contributed by atoms with van der Waals surface area (Å²) in [6.07, 6.45) is 5.04. The zero-order chi connectivity index (χ0) is 22.9. The maximum atomic E-state index is 12.4. The monoisotopic (exact) mass is 432 g/mol. The first-order valence-corrected chi connectivity index (χ1v) is 10.3. The lowest BCUT2D eigenvalue weighted by molar-refractivity contribution is -0.117. The van der Waals surface area contributed by atoms with Gasteiger partial charge in [-0.05, 0) is 73.0 Å². The predicted molar refractivity (Wildman–Crippen MR) is 125 cm³/mol. The number of amides is 1. The van der Waals surface area contributed by atoms with E-state index in [2.05, 4.69) is 10.3 Å². The van der Waals surface area contributed by atoms with E-state index < -0.39 is 0 Å². The highest BCUT2D eigenvalue weighted by atomic mass is 16.5. The van der Waals surface area contributed by atoms with Gasteiger partial charge in [0.25, 0.3) is 0 Å². The van der Waals surface area contributed by atoms with Crippen molar-refractivity contribution in [2.45, 2.75) is 26.5 Å². The highest BCUT2D eigenvalue weighted by Crippen LogP contribution is 2.32. The van der Waals surface area contributed by atoms with E-state index in [1.807, 2.05) is 68.4 Å². The highest BCUT2D eigenvalue weighted by Gasteiger charge is 2.15. The number of ether oxygens (including phenoxy) is 3. The smallest absolute Gasteiger partial charge is 0.244 e. The van der Waals surface area contributed by atoms with E-state index >= 15 is 0 Å². The Balaban J connectivity index is 1.57. The Kier molecular flexibility index (Phi) is 7.86. The predicted octanol–water partition coefficient (Wildman–Crippen LogP) is 4.88. The zero-order valence-corrected chi connectivity index (χ0v) is 18.8. The van der Waals surface area contributed by atoms with Gasteiger partial charge in [-0.1, -0.05) is 18.2 Å². The molecule has 166 valence electrons. The first-order valence-electron chi connectivity index (χ1n) is 10.3. The summed E-state index contributed by atoms with van der Waals surface area (Å²) in [6.45, 7) is 4.33. The third kappa shape index (κ3) is 6.11. The van der Waals surface area contributed by atoms with Crippen LogP contribution in [0.2, 0.25) is 0 Å². The second-order valence-corrected chi connectivity index (χ2v) is 7.31. The van der Waals surface area contributed by atoms with E-state index in [1.54, 1.807) is 26.5 Å². The molecule has 0 radical (unpaired) electrons. The second kappa shape index (κ2) is 11.0. The average molecular weight is 433 g/mol. The van der Waals surface area contributed by atoms with Gasteiger partial charge in [-0.25, -0.2) is 0 Å². The fourth-order valence-electron chi connectivity index (χ4n) is 3.29. The van der Waals surface area contributed by atoms with Gasteiger partial charge in [0.15, 0.2) is 11.5 Å². The summed E-state index contributed by atoms with van der Waals surface area (Å²) >= 11 is 0. The van der Waals surface area contributed by atoms with Crippen molar-refractivity contribution in [2.24, 2.45) is 0 Å². The van der Waals surface area contributed by atoms with E-state index in [0.717, 1.165) is 28.1 Å². The SMILES string of the molecule is COc1cc(C)c(C(C)NC(=O)/C=C/c2ccc(OCc3ccccn3)cc2)cc1OC. The lowest BCUT2D eigenvalue weighted by atomic mass is 10.0. The number of carbonyl (C=O) groups is 1. The topological polar surface area (TPSA) is 69.7 Å². The maximum absolute atomic E-state index is 12.4. The Morgan fingerprint density at radius 3 is 2.44 bits per heavy atom. The van der Waals surface area contributed by atoms with E-state index in [-0.39, 0.29) is 11.9 Å². The van der Waals surface area contributed by atoms with Crippen molar-refractivity contribution >= 4 is 12.0 Å². The number of benzene rings is 2. The fraction of sp³-hybridized carbons (Fsp3) is 0.231. The number of aryl methyl sites for hydroxylation is 1. The molecule has 6 heteroatoms. The first-order chi connectivity index (χ1) is 15.5. The molecule has 0 aliphatic heterocycles. The molecule has 3 rings (SSSR count). The Bertz CT molecular complexity index is 1060. The number of nitrogens with zero attached hydrogens (tertiary/aromatic N) is 1. The summed E-state index contributed by atoms with van der Waals surface area (Å²) in [7, 11) is 3.20. The molecule has 0 aliphatic carbocycles. The van der Waals surface area contributed by atoms with Crippen LogP contribution in [0.5, 0.6) is 17.2 Å². The number of carbonyl (C=O) groups excluding carboxylic acids is 1. The van der Waals surface area contributed by atoms with Crippen molar-refractivity contribution < 1.29 is 19.0 Å². The number of hydrogen-bond acceptors (Lipinski definition) is 5. The molecule has 0 saturated carbocycles.